The average Bonchev–Trinajstić information content (AvgIpc) is 2.31. The lowest BCUT2D eigenvalue weighted by atomic mass is 10.6. The standard InChI is InChI=1S/C6H11N3S/c1-3-4-10-6-5-9(2)8-7-6/h5H,3-4H2,1-2H3. The van der Waals surface area contributed by atoms with Crippen LogP contribution in [0, 0.1) is 0 Å². The number of rotatable bonds is 3. The Bertz CT molecular complexity index is 197. The fourth-order valence-electron chi connectivity index (χ4n) is 0.599. The number of aryl methyl sites for hydroxylation is 1. The molecule has 0 N–H and O–H groups in total. The molecule has 0 amide bonds. The molecule has 0 bridgehead atoms. The number of hydrogen-bond donors (Lipinski definition) is 0. The maximum absolute atomic E-state index is 3.93. The Morgan fingerprint density at radius 1 is 1.70 bits per heavy atom. The van der Waals surface area contributed by atoms with Gasteiger partial charge in [-0.2, -0.15) is 0 Å². The van der Waals surface area contributed by atoms with Gasteiger partial charge in [0.05, 0.1) is 6.20 Å². The Hall–Kier alpha value is -0.510. The van der Waals surface area contributed by atoms with Crippen molar-refractivity contribution in [2.75, 3.05) is 5.75 Å². The van der Waals surface area contributed by atoms with Gasteiger partial charge >= 0.3 is 0 Å². The van der Waals surface area contributed by atoms with E-state index in [1.165, 1.54) is 6.42 Å². The Balaban J connectivity index is 2.42. The van der Waals surface area contributed by atoms with Gasteiger partial charge in [-0.3, -0.25) is 4.68 Å². The van der Waals surface area contributed by atoms with E-state index in [-0.39, 0.29) is 0 Å². The predicted octanol–water partition coefficient (Wildman–Crippen LogP) is 1.32. The molecule has 0 aliphatic carbocycles. The summed E-state index contributed by atoms with van der Waals surface area (Å²) < 4.78 is 1.72. The van der Waals surface area contributed by atoms with Crippen LogP contribution in [0.1, 0.15) is 13.3 Å². The third-order valence-corrected chi connectivity index (χ3v) is 2.13. The highest BCUT2D eigenvalue weighted by molar-refractivity contribution is 7.99. The second kappa shape index (κ2) is 3.61. The van der Waals surface area contributed by atoms with Crippen LogP contribution in [0.2, 0.25) is 0 Å². The largest absolute Gasteiger partial charge is 0.254 e. The molecule has 4 heteroatoms. The van der Waals surface area contributed by atoms with Crippen molar-refractivity contribution in [1.82, 2.24) is 15.0 Å². The summed E-state index contributed by atoms with van der Waals surface area (Å²) in [7, 11) is 1.88. The topological polar surface area (TPSA) is 30.7 Å². The normalized spacial score (nSPS) is 10.2. The number of thioether (sulfide) groups is 1. The summed E-state index contributed by atoms with van der Waals surface area (Å²) in [5.41, 5.74) is 0. The van der Waals surface area contributed by atoms with Gasteiger partial charge in [0.15, 0.2) is 0 Å². The molecule has 0 radical (unpaired) electrons. The van der Waals surface area contributed by atoms with Crippen LogP contribution in [-0.4, -0.2) is 20.7 Å². The minimum absolute atomic E-state index is 1.02. The highest BCUT2D eigenvalue weighted by Gasteiger charge is 1.95. The van der Waals surface area contributed by atoms with Crippen molar-refractivity contribution in [3.05, 3.63) is 6.20 Å². The van der Waals surface area contributed by atoms with Gasteiger partial charge in [-0.15, -0.1) is 16.9 Å². The van der Waals surface area contributed by atoms with Crippen LogP contribution in [0.4, 0.5) is 0 Å². The first kappa shape index (κ1) is 7.60. The molecule has 0 spiro atoms. The molecule has 1 aromatic heterocycles. The van der Waals surface area contributed by atoms with Gasteiger partial charge in [0.25, 0.3) is 0 Å². The second-order valence-corrected chi connectivity index (χ2v) is 3.19. The number of hydrogen-bond acceptors (Lipinski definition) is 3. The summed E-state index contributed by atoms with van der Waals surface area (Å²) in [5, 5.41) is 8.76. The zero-order valence-electron chi connectivity index (χ0n) is 6.24. The van der Waals surface area contributed by atoms with Crippen LogP contribution in [0.15, 0.2) is 11.2 Å². The molecule has 0 atom stereocenters. The summed E-state index contributed by atoms with van der Waals surface area (Å²) in [5.74, 6) is 1.12. The first-order valence-corrected chi connectivity index (χ1v) is 4.30. The fourth-order valence-corrected chi connectivity index (χ4v) is 1.33. The molecule has 0 aromatic carbocycles. The molecular weight excluding hydrogens is 146 g/mol. The highest BCUT2D eigenvalue weighted by Crippen LogP contribution is 2.13. The molecule has 1 aromatic rings. The fraction of sp³-hybridized carbons (Fsp3) is 0.667. The number of nitrogens with zero attached hydrogens (tertiary/aromatic N) is 3. The molecule has 0 unspecified atom stereocenters. The maximum Gasteiger partial charge on any atom is 0.138 e. The third-order valence-electron chi connectivity index (χ3n) is 1.04. The molecule has 1 rings (SSSR count). The van der Waals surface area contributed by atoms with E-state index in [4.69, 9.17) is 0 Å². The predicted molar refractivity (Wildman–Crippen MR) is 42.0 cm³/mol. The summed E-state index contributed by atoms with van der Waals surface area (Å²) in [6.45, 7) is 2.16. The van der Waals surface area contributed by atoms with Crippen molar-refractivity contribution < 1.29 is 0 Å². The molecule has 3 nitrogen and oxygen atoms in total. The van der Waals surface area contributed by atoms with E-state index in [9.17, 15) is 0 Å². The van der Waals surface area contributed by atoms with Crippen molar-refractivity contribution in [1.29, 1.82) is 0 Å². The van der Waals surface area contributed by atoms with E-state index in [2.05, 4.69) is 17.2 Å². The van der Waals surface area contributed by atoms with Gasteiger partial charge in [0.1, 0.15) is 5.03 Å². The molecule has 0 aliphatic rings. The second-order valence-electron chi connectivity index (χ2n) is 2.08. The molecule has 0 saturated heterocycles. The lowest BCUT2D eigenvalue weighted by molar-refractivity contribution is 0.712. The molecule has 1 heterocycles. The van der Waals surface area contributed by atoms with Crippen molar-refractivity contribution >= 4 is 11.8 Å². The van der Waals surface area contributed by atoms with E-state index in [0.29, 0.717) is 0 Å². The monoisotopic (exact) mass is 157 g/mol. The van der Waals surface area contributed by atoms with E-state index in [1.807, 2.05) is 13.2 Å². The zero-order chi connectivity index (χ0) is 7.40. The molecule has 56 valence electrons. The SMILES string of the molecule is CCCSc1cn(C)nn1. The first-order chi connectivity index (χ1) is 4.83. The third kappa shape index (κ3) is 2.02. The van der Waals surface area contributed by atoms with Crippen LogP contribution < -0.4 is 0 Å². The summed E-state index contributed by atoms with van der Waals surface area (Å²) in [6, 6.07) is 0. The van der Waals surface area contributed by atoms with Crippen LogP contribution in [-0.2, 0) is 7.05 Å². The van der Waals surface area contributed by atoms with Gasteiger partial charge in [-0.25, -0.2) is 0 Å². The minimum atomic E-state index is 1.02. The molecular formula is C6H11N3S. The van der Waals surface area contributed by atoms with Gasteiger partial charge in [-0.1, -0.05) is 12.1 Å². The van der Waals surface area contributed by atoms with Crippen LogP contribution in [0.3, 0.4) is 0 Å². The van der Waals surface area contributed by atoms with Crippen molar-refractivity contribution in [3.63, 3.8) is 0 Å². The molecule has 0 saturated carbocycles. The lowest BCUT2D eigenvalue weighted by Gasteiger charge is -1.88. The molecule has 10 heavy (non-hydrogen) atoms. The molecule has 0 fully saturated rings. The van der Waals surface area contributed by atoms with Crippen LogP contribution in [0.25, 0.3) is 0 Å². The van der Waals surface area contributed by atoms with Crippen LogP contribution in [0.5, 0.6) is 0 Å². The van der Waals surface area contributed by atoms with Crippen molar-refractivity contribution in [2.45, 2.75) is 18.4 Å². The van der Waals surface area contributed by atoms with Crippen molar-refractivity contribution in [3.8, 4) is 0 Å². The Kier molecular flexibility index (Phi) is 2.74. The first-order valence-electron chi connectivity index (χ1n) is 3.32. The zero-order valence-corrected chi connectivity index (χ0v) is 7.06. The number of aromatic nitrogens is 3. The Morgan fingerprint density at radius 2 is 2.50 bits per heavy atom. The summed E-state index contributed by atoms with van der Waals surface area (Å²) in [6.07, 6.45) is 3.11. The Labute approximate surface area is 64.8 Å². The van der Waals surface area contributed by atoms with E-state index < -0.39 is 0 Å². The van der Waals surface area contributed by atoms with Gasteiger partial charge in [-0.05, 0) is 12.2 Å². The molecule has 0 aliphatic heterocycles. The van der Waals surface area contributed by atoms with Gasteiger partial charge < -0.3 is 0 Å². The highest BCUT2D eigenvalue weighted by atomic mass is 32.2. The van der Waals surface area contributed by atoms with Gasteiger partial charge in [0, 0.05) is 7.05 Å². The van der Waals surface area contributed by atoms with E-state index in [1.54, 1.807) is 16.4 Å². The minimum Gasteiger partial charge on any atom is -0.254 e. The van der Waals surface area contributed by atoms with Crippen molar-refractivity contribution in [2.24, 2.45) is 7.05 Å². The maximum atomic E-state index is 3.93. The lowest BCUT2D eigenvalue weighted by Crippen LogP contribution is -1.85. The quantitative estimate of drug-likeness (QED) is 0.620. The Morgan fingerprint density at radius 3 is 3.00 bits per heavy atom. The summed E-state index contributed by atoms with van der Waals surface area (Å²) >= 11 is 1.75. The van der Waals surface area contributed by atoms with Crippen LogP contribution >= 0.6 is 11.8 Å². The van der Waals surface area contributed by atoms with E-state index in [0.717, 1.165) is 10.8 Å². The summed E-state index contributed by atoms with van der Waals surface area (Å²) in [4.78, 5) is 0. The van der Waals surface area contributed by atoms with E-state index >= 15 is 0 Å². The smallest absolute Gasteiger partial charge is 0.138 e. The average molecular weight is 157 g/mol. The van der Waals surface area contributed by atoms with Gasteiger partial charge in [0.2, 0.25) is 0 Å².